The van der Waals surface area contributed by atoms with Crippen molar-refractivity contribution >= 4 is 23.3 Å². The van der Waals surface area contributed by atoms with Crippen molar-refractivity contribution in [3.63, 3.8) is 0 Å². The number of nitrogens with two attached hydrogens (primary N) is 1. The molecule has 0 unspecified atom stereocenters. The number of nitrogens with zero attached hydrogens (tertiary/aromatic N) is 3. The maximum atomic E-state index is 12.2. The number of amides is 2. The van der Waals surface area contributed by atoms with Gasteiger partial charge in [0.1, 0.15) is 12.4 Å². The first-order valence-electron chi connectivity index (χ1n) is 8.13. The number of hydrogen-bond donors (Lipinski definition) is 2. The molecule has 0 radical (unpaired) electrons. The summed E-state index contributed by atoms with van der Waals surface area (Å²) in [5.74, 6) is -0.310. The topological polar surface area (TPSA) is 120 Å². The zero-order valence-corrected chi connectivity index (χ0v) is 14.1. The fourth-order valence-corrected chi connectivity index (χ4v) is 2.57. The van der Waals surface area contributed by atoms with Gasteiger partial charge >= 0.3 is 0 Å². The first-order valence-corrected chi connectivity index (χ1v) is 8.13. The van der Waals surface area contributed by atoms with Gasteiger partial charge in [0.2, 0.25) is 11.8 Å². The number of rotatable bonds is 5. The van der Waals surface area contributed by atoms with Crippen LogP contribution in [-0.4, -0.2) is 47.9 Å². The predicted molar refractivity (Wildman–Crippen MR) is 95.1 cm³/mol. The van der Waals surface area contributed by atoms with Crippen LogP contribution in [0.3, 0.4) is 0 Å². The van der Waals surface area contributed by atoms with Crippen molar-refractivity contribution in [1.82, 2.24) is 9.78 Å². The van der Waals surface area contributed by atoms with Crippen molar-refractivity contribution in [3.05, 3.63) is 52.3 Å². The Labute approximate surface area is 149 Å². The maximum absolute atomic E-state index is 12.2. The molecule has 9 nitrogen and oxygen atoms in total. The smallest absolute Gasteiger partial charge is 0.267 e. The van der Waals surface area contributed by atoms with E-state index in [0.29, 0.717) is 43.4 Å². The molecule has 136 valence electrons. The highest BCUT2D eigenvalue weighted by Crippen LogP contribution is 2.11. The fraction of sp³-hybridized carbons (Fsp3) is 0.294. The Kier molecular flexibility index (Phi) is 5.28. The summed E-state index contributed by atoms with van der Waals surface area (Å²) in [7, 11) is 0. The van der Waals surface area contributed by atoms with Gasteiger partial charge in [-0.15, -0.1) is 0 Å². The number of hydrogen-bond acceptors (Lipinski definition) is 6. The number of carbonyl (C=O) groups is 2. The van der Waals surface area contributed by atoms with E-state index in [-0.39, 0.29) is 12.1 Å². The first-order chi connectivity index (χ1) is 12.5. The van der Waals surface area contributed by atoms with E-state index in [2.05, 4.69) is 10.4 Å². The second kappa shape index (κ2) is 7.79. The van der Waals surface area contributed by atoms with Gasteiger partial charge in [0, 0.05) is 30.4 Å². The lowest BCUT2D eigenvalue weighted by molar-refractivity contribution is -0.117. The summed E-state index contributed by atoms with van der Waals surface area (Å²) in [4.78, 5) is 37.2. The Morgan fingerprint density at radius 2 is 1.81 bits per heavy atom. The maximum Gasteiger partial charge on any atom is 0.267 e. The van der Waals surface area contributed by atoms with Crippen LogP contribution in [0.25, 0.3) is 0 Å². The van der Waals surface area contributed by atoms with E-state index in [0.717, 1.165) is 4.68 Å². The molecule has 1 aromatic heterocycles. The van der Waals surface area contributed by atoms with Crippen LogP contribution in [0.4, 0.5) is 11.5 Å². The van der Waals surface area contributed by atoms with E-state index in [4.69, 9.17) is 10.5 Å². The van der Waals surface area contributed by atoms with Crippen LogP contribution in [0.5, 0.6) is 0 Å². The average molecular weight is 357 g/mol. The van der Waals surface area contributed by atoms with Crippen molar-refractivity contribution in [2.24, 2.45) is 5.73 Å². The van der Waals surface area contributed by atoms with E-state index in [1.165, 1.54) is 18.2 Å². The van der Waals surface area contributed by atoms with Gasteiger partial charge in [0.05, 0.1) is 13.2 Å². The molecule has 2 heterocycles. The highest BCUT2D eigenvalue weighted by molar-refractivity contribution is 5.94. The Morgan fingerprint density at radius 1 is 1.12 bits per heavy atom. The summed E-state index contributed by atoms with van der Waals surface area (Å²) in [5.41, 5.74) is 5.66. The third kappa shape index (κ3) is 4.25. The highest BCUT2D eigenvalue weighted by Gasteiger charge is 2.14. The number of benzene rings is 1. The van der Waals surface area contributed by atoms with Gasteiger partial charge in [-0.25, -0.2) is 4.68 Å². The lowest BCUT2D eigenvalue weighted by atomic mass is 10.2. The quantitative estimate of drug-likeness (QED) is 0.766. The van der Waals surface area contributed by atoms with Gasteiger partial charge in [-0.3, -0.25) is 14.4 Å². The van der Waals surface area contributed by atoms with Gasteiger partial charge in [0.25, 0.3) is 5.56 Å². The normalized spacial score (nSPS) is 14.1. The van der Waals surface area contributed by atoms with Crippen molar-refractivity contribution in [2.75, 3.05) is 36.5 Å². The molecule has 9 heteroatoms. The molecule has 3 N–H and O–H groups in total. The number of ether oxygens (including phenoxy) is 1. The van der Waals surface area contributed by atoms with Gasteiger partial charge < -0.3 is 20.7 Å². The summed E-state index contributed by atoms with van der Waals surface area (Å²) in [6.45, 7) is 2.35. The second-order valence-corrected chi connectivity index (χ2v) is 5.78. The standard InChI is InChI=1S/C17H19N5O4/c18-17(25)12-1-3-13(4-2-12)19-15(23)11-22-16(24)6-5-14(20-22)21-7-9-26-10-8-21/h1-6H,7-11H2,(H2,18,25)(H,19,23). The van der Waals surface area contributed by atoms with Crippen molar-refractivity contribution in [2.45, 2.75) is 6.54 Å². The summed E-state index contributed by atoms with van der Waals surface area (Å²) >= 11 is 0. The molecular weight excluding hydrogens is 338 g/mol. The molecule has 3 rings (SSSR count). The van der Waals surface area contributed by atoms with Crippen LogP contribution in [0.1, 0.15) is 10.4 Å². The molecule has 1 saturated heterocycles. The summed E-state index contributed by atoms with van der Waals surface area (Å²) in [5, 5.41) is 6.93. The van der Waals surface area contributed by atoms with E-state index >= 15 is 0 Å². The molecule has 2 aromatic rings. The minimum atomic E-state index is -0.543. The lowest BCUT2D eigenvalue weighted by Gasteiger charge is -2.27. The molecule has 1 aliphatic rings. The van der Waals surface area contributed by atoms with Gasteiger partial charge in [-0.05, 0) is 30.3 Å². The van der Waals surface area contributed by atoms with Gasteiger partial charge in [-0.1, -0.05) is 0 Å². The van der Waals surface area contributed by atoms with E-state index in [1.54, 1.807) is 18.2 Å². The Balaban J connectivity index is 1.68. The van der Waals surface area contributed by atoms with Crippen LogP contribution in [0, 0.1) is 0 Å². The van der Waals surface area contributed by atoms with Crippen molar-refractivity contribution in [3.8, 4) is 0 Å². The Morgan fingerprint density at radius 3 is 2.46 bits per heavy atom. The zero-order valence-electron chi connectivity index (χ0n) is 14.1. The molecule has 2 amide bonds. The fourth-order valence-electron chi connectivity index (χ4n) is 2.57. The predicted octanol–water partition coefficient (Wildman–Crippen LogP) is -0.182. The minimum absolute atomic E-state index is 0.214. The van der Waals surface area contributed by atoms with Gasteiger partial charge in [-0.2, -0.15) is 5.10 Å². The molecule has 26 heavy (non-hydrogen) atoms. The molecule has 1 fully saturated rings. The molecule has 0 saturated carbocycles. The SMILES string of the molecule is NC(=O)c1ccc(NC(=O)Cn2nc(N3CCOCC3)ccc2=O)cc1. The Hall–Kier alpha value is -3.20. The van der Waals surface area contributed by atoms with Gasteiger partial charge in [0.15, 0.2) is 0 Å². The van der Waals surface area contributed by atoms with Crippen LogP contribution in [0.2, 0.25) is 0 Å². The molecule has 0 spiro atoms. The summed E-state index contributed by atoms with van der Waals surface area (Å²) < 4.78 is 6.42. The average Bonchev–Trinajstić information content (AvgIpc) is 2.64. The third-order valence-electron chi connectivity index (χ3n) is 3.93. The van der Waals surface area contributed by atoms with Crippen LogP contribution >= 0.6 is 0 Å². The number of morpholine rings is 1. The summed E-state index contributed by atoms with van der Waals surface area (Å²) in [6.07, 6.45) is 0. The molecule has 0 aliphatic carbocycles. The van der Waals surface area contributed by atoms with E-state index in [9.17, 15) is 14.4 Å². The largest absolute Gasteiger partial charge is 0.378 e. The number of carbonyl (C=O) groups excluding carboxylic acids is 2. The molecular formula is C17H19N5O4. The van der Waals surface area contributed by atoms with Crippen LogP contribution < -0.4 is 21.5 Å². The second-order valence-electron chi connectivity index (χ2n) is 5.78. The zero-order chi connectivity index (χ0) is 18.5. The number of anilines is 2. The molecule has 0 atom stereocenters. The monoisotopic (exact) mass is 357 g/mol. The minimum Gasteiger partial charge on any atom is -0.378 e. The van der Waals surface area contributed by atoms with Crippen LogP contribution in [-0.2, 0) is 16.1 Å². The van der Waals surface area contributed by atoms with E-state index in [1.807, 2.05) is 4.90 Å². The molecule has 0 bridgehead atoms. The number of nitrogens with one attached hydrogen (secondary N) is 1. The number of aromatic nitrogens is 2. The van der Waals surface area contributed by atoms with Crippen molar-refractivity contribution in [1.29, 1.82) is 0 Å². The summed E-state index contributed by atoms with van der Waals surface area (Å²) in [6, 6.07) is 9.21. The molecule has 1 aliphatic heterocycles. The first kappa shape index (κ1) is 17.6. The Bertz CT molecular complexity index is 856. The lowest BCUT2D eigenvalue weighted by Crippen LogP contribution is -2.38. The molecule has 1 aromatic carbocycles. The number of primary amides is 1. The van der Waals surface area contributed by atoms with Crippen molar-refractivity contribution < 1.29 is 14.3 Å². The highest BCUT2D eigenvalue weighted by atomic mass is 16.5. The van der Waals surface area contributed by atoms with E-state index < -0.39 is 11.8 Å². The van der Waals surface area contributed by atoms with Crippen LogP contribution in [0.15, 0.2) is 41.2 Å². The third-order valence-corrected chi connectivity index (χ3v) is 3.93.